The van der Waals surface area contributed by atoms with E-state index < -0.39 is 0 Å². The largest absolute Gasteiger partial charge is 0.394 e. The highest BCUT2D eigenvalue weighted by atomic mass is 15.4. The first-order valence-corrected chi connectivity index (χ1v) is 8.22. The number of hydrogen-bond acceptors (Lipinski definition) is 3. The number of nitrogens with zero attached hydrogens (tertiary/aromatic N) is 4. The molecule has 5 heteroatoms. The average molecular weight is 292 g/mol. The van der Waals surface area contributed by atoms with Crippen molar-refractivity contribution in [2.45, 2.75) is 45.2 Å². The quantitative estimate of drug-likeness (QED) is 0.847. The van der Waals surface area contributed by atoms with Gasteiger partial charge in [0.05, 0.1) is 45.1 Å². The van der Waals surface area contributed by atoms with Gasteiger partial charge in [0.2, 0.25) is 0 Å². The Morgan fingerprint density at radius 1 is 1.19 bits per heavy atom. The summed E-state index contributed by atoms with van der Waals surface area (Å²) in [6.07, 6.45) is 3.51. The van der Waals surface area contributed by atoms with Crippen LogP contribution in [0.3, 0.4) is 0 Å². The Morgan fingerprint density at radius 3 is 2.52 bits per heavy atom. The Balaban J connectivity index is 1.87. The number of nitrogen functional groups attached to an aromatic ring is 1. The Bertz CT molecular complexity index is 528. The normalized spacial score (nSPS) is 29.8. The first kappa shape index (κ1) is 14.7. The summed E-state index contributed by atoms with van der Waals surface area (Å²) in [6.45, 7) is 6.72. The van der Waals surface area contributed by atoms with Crippen LogP contribution in [-0.4, -0.2) is 54.5 Å². The number of aromatic nitrogens is 2. The second-order valence-electron chi connectivity index (χ2n) is 7.89. The summed E-state index contributed by atoms with van der Waals surface area (Å²) in [4.78, 5) is 2.40. The number of anilines is 2. The van der Waals surface area contributed by atoms with Gasteiger partial charge in [0.1, 0.15) is 6.04 Å². The second kappa shape index (κ2) is 4.90. The van der Waals surface area contributed by atoms with E-state index in [2.05, 4.69) is 44.6 Å². The number of likely N-dealkylation sites (N-methyl/N-ethyl adjacent to an activating group) is 1. The predicted molar refractivity (Wildman–Crippen MR) is 87.5 cm³/mol. The number of nitrogens with two attached hydrogens (primary N) is 1. The number of quaternary nitrogens is 1. The highest BCUT2D eigenvalue weighted by Gasteiger charge is 2.36. The van der Waals surface area contributed by atoms with Crippen molar-refractivity contribution in [3.63, 3.8) is 0 Å². The van der Waals surface area contributed by atoms with E-state index in [1.54, 1.807) is 0 Å². The third-order valence-corrected chi connectivity index (χ3v) is 5.63. The van der Waals surface area contributed by atoms with E-state index >= 15 is 0 Å². The van der Waals surface area contributed by atoms with Gasteiger partial charge in [0.25, 0.3) is 0 Å². The summed E-state index contributed by atoms with van der Waals surface area (Å²) in [7, 11) is 6.83. The SMILES string of the molecule is CC1CCc2c(N)c(N3CCC([N+](C)(C)C)C3)nn2C1C. The third kappa shape index (κ3) is 2.41. The van der Waals surface area contributed by atoms with Gasteiger partial charge in [-0.25, -0.2) is 0 Å². The van der Waals surface area contributed by atoms with Gasteiger partial charge >= 0.3 is 0 Å². The lowest BCUT2D eigenvalue weighted by Gasteiger charge is -2.31. The van der Waals surface area contributed by atoms with E-state index in [4.69, 9.17) is 10.8 Å². The summed E-state index contributed by atoms with van der Waals surface area (Å²) >= 11 is 0. The summed E-state index contributed by atoms with van der Waals surface area (Å²) in [6, 6.07) is 1.13. The van der Waals surface area contributed by atoms with E-state index in [1.165, 1.54) is 18.5 Å². The molecule has 0 amide bonds. The molecule has 5 nitrogen and oxygen atoms in total. The molecule has 3 rings (SSSR count). The zero-order chi connectivity index (χ0) is 15.4. The van der Waals surface area contributed by atoms with E-state index in [0.717, 1.165) is 35.5 Å². The monoisotopic (exact) mass is 292 g/mol. The molecule has 3 heterocycles. The zero-order valence-corrected chi connectivity index (χ0v) is 14.1. The van der Waals surface area contributed by atoms with Crippen LogP contribution >= 0.6 is 0 Å². The van der Waals surface area contributed by atoms with Crippen LogP contribution in [0, 0.1) is 5.92 Å². The lowest BCUT2D eigenvalue weighted by molar-refractivity contribution is -0.893. The summed E-state index contributed by atoms with van der Waals surface area (Å²) in [5.74, 6) is 1.71. The highest BCUT2D eigenvalue weighted by Crippen LogP contribution is 2.38. The predicted octanol–water partition coefficient (Wildman–Crippen LogP) is 1.89. The first-order chi connectivity index (χ1) is 9.79. The van der Waals surface area contributed by atoms with Crippen molar-refractivity contribution in [2.24, 2.45) is 5.92 Å². The van der Waals surface area contributed by atoms with Gasteiger partial charge in [-0.15, -0.1) is 0 Å². The molecular formula is C16H30N5+. The zero-order valence-electron chi connectivity index (χ0n) is 14.1. The van der Waals surface area contributed by atoms with Crippen LogP contribution in [0.15, 0.2) is 0 Å². The van der Waals surface area contributed by atoms with Crippen molar-refractivity contribution in [3.05, 3.63) is 5.69 Å². The number of hydrogen-bond donors (Lipinski definition) is 1. The highest BCUT2D eigenvalue weighted by molar-refractivity contribution is 5.67. The van der Waals surface area contributed by atoms with Gasteiger partial charge in [0, 0.05) is 13.0 Å². The van der Waals surface area contributed by atoms with Crippen LogP contribution in [0.4, 0.5) is 11.5 Å². The van der Waals surface area contributed by atoms with Crippen LogP contribution in [0.5, 0.6) is 0 Å². The fraction of sp³-hybridized carbons (Fsp3) is 0.812. The van der Waals surface area contributed by atoms with Crippen molar-refractivity contribution in [2.75, 3.05) is 44.9 Å². The Hall–Kier alpha value is -1.23. The lowest BCUT2D eigenvalue weighted by Crippen LogP contribution is -2.46. The minimum atomic E-state index is 0.460. The van der Waals surface area contributed by atoms with Gasteiger partial charge in [-0.2, -0.15) is 5.10 Å². The maximum atomic E-state index is 6.44. The molecule has 3 atom stereocenters. The number of fused-ring (bicyclic) bond motifs is 1. The maximum absolute atomic E-state index is 6.44. The van der Waals surface area contributed by atoms with Gasteiger partial charge in [-0.3, -0.25) is 4.68 Å². The molecule has 21 heavy (non-hydrogen) atoms. The molecule has 0 saturated carbocycles. The summed E-state index contributed by atoms with van der Waals surface area (Å²) < 4.78 is 3.20. The van der Waals surface area contributed by atoms with Crippen molar-refractivity contribution in [3.8, 4) is 0 Å². The molecule has 0 aliphatic carbocycles. The molecule has 2 N–H and O–H groups in total. The lowest BCUT2D eigenvalue weighted by atomic mass is 9.93. The summed E-state index contributed by atoms with van der Waals surface area (Å²) in [5.41, 5.74) is 8.62. The molecule has 1 saturated heterocycles. The van der Waals surface area contributed by atoms with Gasteiger partial charge in [0.15, 0.2) is 5.82 Å². The number of rotatable bonds is 2. The van der Waals surface area contributed by atoms with Crippen molar-refractivity contribution in [1.82, 2.24) is 9.78 Å². The standard InChI is InChI=1S/C16H30N5/c1-11-6-7-14-15(17)16(18-20(14)12(11)2)19-9-8-13(10-19)21(3,4)5/h11-13H,6-10,17H2,1-5H3/q+1. The first-order valence-electron chi connectivity index (χ1n) is 8.22. The van der Waals surface area contributed by atoms with Crippen LogP contribution < -0.4 is 10.6 Å². The average Bonchev–Trinajstić information content (AvgIpc) is 2.99. The van der Waals surface area contributed by atoms with Crippen molar-refractivity contribution >= 4 is 11.5 Å². The second-order valence-corrected chi connectivity index (χ2v) is 7.89. The maximum Gasteiger partial charge on any atom is 0.174 e. The fourth-order valence-electron chi connectivity index (χ4n) is 3.70. The van der Waals surface area contributed by atoms with E-state index in [9.17, 15) is 0 Å². The van der Waals surface area contributed by atoms with E-state index in [-0.39, 0.29) is 0 Å². The van der Waals surface area contributed by atoms with Gasteiger partial charge in [-0.1, -0.05) is 6.92 Å². The summed E-state index contributed by atoms with van der Waals surface area (Å²) in [5, 5.41) is 4.89. The molecule has 3 unspecified atom stereocenters. The topological polar surface area (TPSA) is 47.1 Å². The van der Waals surface area contributed by atoms with Crippen molar-refractivity contribution < 1.29 is 4.48 Å². The van der Waals surface area contributed by atoms with Crippen LogP contribution in [0.1, 0.15) is 38.4 Å². The van der Waals surface area contributed by atoms with E-state index in [0.29, 0.717) is 18.0 Å². The minimum absolute atomic E-state index is 0.460. The fourth-order valence-corrected chi connectivity index (χ4v) is 3.70. The van der Waals surface area contributed by atoms with Crippen LogP contribution in [0.2, 0.25) is 0 Å². The Labute approximate surface area is 128 Å². The molecule has 118 valence electrons. The van der Waals surface area contributed by atoms with E-state index in [1.807, 2.05) is 0 Å². The molecule has 2 aliphatic rings. The molecule has 1 fully saturated rings. The molecular weight excluding hydrogens is 262 g/mol. The smallest absolute Gasteiger partial charge is 0.174 e. The molecule has 1 aromatic rings. The van der Waals surface area contributed by atoms with Crippen molar-refractivity contribution in [1.29, 1.82) is 0 Å². The van der Waals surface area contributed by atoms with Crippen LogP contribution in [-0.2, 0) is 6.42 Å². The molecule has 0 spiro atoms. The Morgan fingerprint density at radius 2 is 1.90 bits per heavy atom. The van der Waals surface area contributed by atoms with Gasteiger partial charge < -0.3 is 15.1 Å². The molecule has 0 aromatic carbocycles. The third-order valence-electron chi connectivity index (χ3n) is 5.63. The van der Waals surface area contributed by atoms with Gasteiger partial charge in [-0.05, 0) is 25.7 Å². The molecule has 1 aromatic heterocycles. The molecule has 0 bridgehead atoms. The molecule has 0 radical (unpaired) electrons. The Kier molecular flexibility index (Phi) is 3.43. The molecule has 2 aliphatic heterocycles. The van der Waals surface area contributed by atoms with Crippen LogP contribution in [0.25, 0.3) is 0 Å². The minimum Gasteiger partial charge on any atom is -0.394 e.